The number of rotatable bonds is 0. The molecule has 0 aromatic heterocycles. The van der Waals surface area contributed by atoms with Gasteiger partial charge in [0.1, 0.15) is 0 Å². The molecule has 3 nitrogen and oxygen atoms in total. The van der Waals surface area contributed by atoms with E-state index in [-0.39, 0.29) is 64.3 Å². The third kappa shape index (κ3) is 9.36. The molecule has 0 aliphatic carbocycles. The molecule has 4 heteroatoms. The summed E-state index contributed by atoms with van der Waals surface area (Å²) >= 11 is 0. The zero-order valence-electron chi connectivity index (χ0n) is 1.60. The van der Waals surface area contributed by atoms with Gasteiger partial charge in [-0.05, 0) is 0 Å². The van der Waals surface area contributed by atoms with Crippen molar-refractivity contribution < 1.29 is 10.5 Å². The van der Waals surface area contributed by atoms with Crippen molar-refractivity contribution in [1.29, 1.82) is 0 Å². The van der Waals surface area contributed by atoms with Crippen molar-refractivity contribution in [3.8, 4) is 0 Å². The molecule has 0 radical (unpaired) electrons. The SMILES string of the molecule is N.OO.[RbH]. The second-order valence-electron chi connectivity index (χ2n) is 0. The Bertz CT molecular complexity index is 6.00. The fraction of sp³-hybridized carbons (Fsp3) is 0. The summed E-state index contributed by atoms with van der Waals surface area (Å²) in [5.41, 5.74) is 0. The maximum absolute atomic E-state index is 6.00. The summed E-state index contributed by atoms with van der Waals surface area (Å²) < 4.78 is 0. The van der Waals surface area contributed by atoms with Crippen molar-refractivity contribution in [2.24, 2.45) is 0 Å². The molecule has 0 aromatic carbocycles. The Kier molecular flexibility index (Phi) is 96.9. The maximum atomic E-state index is 6.00. The van der Waals surface area contributed by atoms with Gasteiger partial charge >= 0.3 is 58.2 Å². The second-order valence-corrected chi connectivity index (χ2v) is 0. The van der Waals surface area contributed by atoms with Gasteiger partial charge in [0.2, 0.25) is 0 Å². The van der Waals surface area contributed by atoms with Crippen LogP contribution in [0.2, 0.25) is 0 Å². The van der Waals surface area contributed by atoms with Gasteiger partial charge in [0.25, 0.3) is 0 Å². The fourth-order valence-corrected chi connectivity index (χ4v) is 0. The Balaban J connectivity index is -0.00000000500. The van der Waals surface area contributed by atoms with Gasteiger partial charge < -0.3 is 6.15 Å². The van der Waals surface area contributed by atoms with Gasteiger partial charge in [-0.15, -0.1) is 0 Å². The molecule has 0 aliphatic rings. The van der Waals surface area contributed by atoms with Crippen molar-refractivity contribution in [2.45, 2.75) is 0 Å². The van der Waals surface area contributed by atoms with Crippen LogP contribution in [-0.4, -0.2) is 68.7 Å². The van der Waals surface area contributed by atoms with Crippen molar-refractivity contribution in [3.63, 3.8) is 0 Å². The van der Waals surface area contributed by atoms with E-state index in [9.17, 15) is 0 Å². The quantitative estimate of drug-likeness (QED) is 0.312. The zero-order chi connectivity index (χ0) is 2.00. The Labute approximate surface area is 73.3 Å². The Hall–Kier alpha value is 1.69. The van der Waals surface area contributed by atoms with Crippen LogP contribution in [0.25, 0.3) is 0 Å². The van der Waals surface area contributed by atoms with Gasteiger partial charge in [0.15, 0.2) is 0 Å². The van der Waals surface area contributed by atoms with Gasteiger partial charge in [0, 0.05) is 0 Å². The predicted octanol–water partition coefficient (Wildman–Crippen LogP) is -0.469. The fourth-order valence-electron chi connectivity index (χ4n) is 0. The second kappa shape index (κ2) is 22.4. The van der Waals surface area contributed by atoms with Crippen molar-refractivity contribution >= 4 is 58.2 Å². The summed E-state index contributed by atoms with van der Waals surface area (Å²) in [4.78, 5) is 0. The van der Waals surface area contributed by atoms with E-state index in [0.717, 1.165) is 0 Å². The van der Waals surface area contributed by atoms with Crippen molar-refractivity contribution in [3.05, 3.63) is 0 Å². The summed E-state index contributed by atoms with van der Waals surface area (Å²) in [5, 5.41) is 12.0. The molecule has 0 atom stereocenters. The Morgan fingerprint density at radius 2 is 1.00 bits per heavy atom. The molecule has 0 fully saturated rings. The van der Waals surface area contributed by atoms with Crippen LogP contribution in [0.3, 0.4) is 0 Å². The van der Waals surface area contributed by atoms with Crippen LogP contribution in [0, 0.1) is 0 Å². The summed E-state index contributed by atoms with van der Waals surface area (Å²) in [6.45, 7) is 0. The molecule has 0 aliphatic heterocycles. The van der Waals surface area contributed by atoms with E-state index in [4.69, 9.17) is 10.5 Å². The molecule has 0 bridgehead atoms. The first-order valence-corrected chi connectivity index (χ1v) is 0.200. The van der Waals surface area contributed by atoms with Gasteiger partial charge in [-0.3, -0.25) is 10.5 Å². The molecular formula is H6NO2Rb. The molecule has 0 saturated carbocycles. The van der Waals surface area contributed by atoms with Crippen LogP contribution in [0.4, 0.5) is 0 Å². The molecule has 0 heterocycles. The predicted molar refractivity (Wildman–Crippen MR) is 17.4 cm³/mol. The zero-order valence-corrected chi connectivity index (χ0v) is 1.60. The van der Waals surface area contributed by atoms with Gasteiger partial charge in [0.05, 0.1) is 0 Å². The van der Waals surface area contributed by atoms with Gasteiger partial charge in [-0.2, -0.15) is 0 Å². The summed E-state index contributed by atoms with van der Waals surface area (Å²) in [7, 11) is 0. The molecule has 0 saturated heterocycles. The van der Waals surface area contributed by atoms with Crippen LogP contribution in [0.1, 0.15) is 0 Å². The molecule has 0 aromatic rings. The Morgan fingerprint density at radius 3 is 1.00 bits per heavy atom. The van der Waals surface area contributed by atoms with Gasteiger partial charge in [-0.1, -0.05) is 0 Å². The van der Waals surface area contributed by atoms with Crippen LogP contribution < -0.4 is 6.15 Å². The molecule has 0 amide bonds. The van der Waals surface area contributed by atoms with Crippen LogP contribution in [0.5, 0.6) is 0 Å². The van der Waals surface area contributed by atoms with E-state index in [2.05, 4.69) is 0 Å². The molecule has 5 N–H and O–H groups in total. The summed E-state index contributed by atoms with van der Waals surface area (Å²) in [6.07, 6.45) is 0. The molecule has 4 heavy (non-hydrogen) atoms. The first-order chi connectivity index (χ1) is 1.00. The topological polar surface area (TPSA) is 75.5 Å². The van der Waals surface area contributed by atoms with Crippen LogP contribution in [0.15, 0.2) is 0 Å². The standard InChI is InChI=1S/H3N.H2O2.Rb.H/c;1-2;;/h1H3;1-2H;;. The molecule has 0 spiro atoms. The van der Waals surface area contributed by atoms with E-state index in [1.54, 1.807) is 0 Å². The molecular weight excluding hydrogens is 131 g/mol. The first kappa shape index (κ1) is 17.3. The first-order valence-electron chi connectivity index (χ1n) is 0.200. The third-order valence-electron chi connectivity index (χ3n) is 0. The number of hydrogen-bond acceptors (Lipinski definition) is 3. The normalized spacial score (nSPS) is 1.50. The molecule has 0 unspecified atom stereocenters. The van der Waals surface area contributed by atoms with E-state index in [0.29, 0.717) is 0 Å². The minimum absolute atomic E-state index is 0. The molecule has 24 valence electrons. The van der Waals surface area contributed by atoms with Crippen molar-refractivity contribution in [1.82, 2.24) is 6.15 Å². The summed E-state index contributed by atoms with van der Waals surface area (Å²) in [5.74, 6) is 0. The van der Waals surface area contributed by atoms with E-state index >= 15 is 0 Å². The molecule has 0 rings (SSSR count). The third-order valence-corrected chi connectivity index (χ3v) is 0. The summed E-state index contributed by atoms with van der Waals surface area (Å²) in [6, 6.07) is 0. The minimum atomic E-state index is 0. The van der Waals surface area contributed by atoms with E-state index in [1.165, 1.54) is 0 Å². The number of hydrogen-bond donors (Lipinski definition) is 3. The van der Waals surface area contributed by atoms with Crippen LogP contribution >= 0.6 is 0 Å². The average molecular weight is 138 g/mol. The Morgan fingerprint density at radius 1 is 1.00 bits per heavy atom. The van der Waals surface area contributed by atoms with E-state index in [1.807, 2.05) is 0 Å². The van der Waals surface area contributed by atoms with E-state index < -0.39 is 0 Å². The average Bonchev–Trinajstić information content (AvgIpc) is 1.00. The monoisotopic (exact) mass is 137 g/mol. The van der Waals surface area contributed by atoms with Crippen LogP contribution in [-0.2, 0) is 0 Å². The van der Waals surface area contributed by atoms with Gasteiger partial charge in [-0.25, -0.2) is 0 Å². The van der Waals surface area contributed by atoms with Crippen molar-refractivity contribution in [2.75, 3.05) is 0 Å².